The second-order valence-corrected chi connectivity index (χ2v) is 5.45. The molecule has 1 atom stereocenters. The van der Waals surface area contributed by atoms with E-state index in [0.29, 0.717) is 6.61 Å². The largest absolute Gasteiger partial charge is 0.290 e. The minimum absolute atomic E-state index is 0.242. The SMILES string of the molecule is CCCCO[S@@](=O)C(C)(C)C. The molecule has 0 aromatic rings. The van der Waals surface area contributed by atoms with E-state index in [0.717, 1.165) is 12.8 Å². The zero-order valence-electron chi connectivity index (χ0n) is 7.85. The maximum absolute atomic E-state index is 11.2. The Morgan fingerprint density at radius 3 is 2.27 bits per heavy atom. The van der Waals surface area contributed by atoms with Crippen LogP contribution in [0.3, 0.4) is 0 Å². The van der Waals surface area contributed by atoms with Crippen molar-refractivity contribution in [3.05, 3.63) is 0 Å². The normalized spacial score (nSPS) is 14.9. The van der Waals surface area contributed by atoms with Crippen molar-refractivity contribution in [3.63, 3.8) is 0 Å². The Kier molecular flexibility index (Phi) is 4.93. The van der Waals surface area contributed by atoms with E-state index in [9.17, 15) is 4.21 Å². The van der Waals surface area contributed by atoms with Crippen molar-refractivity contribution < 1.29 is 8.39 Å². The van der Waals surface area contributed by atoms with Gasteiger partial charge in [-0.05, 0) is 27.2 Å². The van der Waals surface area contributed by atoms with Gasteiger partial charge in [-0.1, -0.05) is 13.3 Å². The first-order valence-electron chi connectivity index (χ1n) is 4.03. The van der Waals surface area contributed by atoms with Crippen LogP contribution in [-0.4, -0.2) is 15.6 Å². The van der Waals surface area contributed by atoms with Crippen LogP contribution in [0.2, 0.25) is 0 Å². The van der Waals surface area contributed by atoms with Gasteiger partial charge in [0.15, 0.2) is 11.1 Å². The van der Waals surface area contributed by atoms with Crippen LogP contribution < -0.4 is 0 Å². The summed E-state index contributed by atoms with van der Waals surface area (Å²) in [4.78, 5) is 0. The molecule has 0 spiro atoms. The molecule has 68 valence electrons. The third-order valence-electron chi connectivity index (χ3n) is 1.19. The molecule has 0 bridgehead atoms. The predicted octanol–water partition coefficient (Wildman–Crippen LogP) is 2.27. The molecule has 0 fully saturated rings. The fourth-order valence-electron chi connectivity index (χ4n) is 0.456. The lowest BCUT2D eigenvalue weighted by Gasteiger charge is -2.16. The molecule has 11 heavy (non-hydrogen) atoms. The summed E-state index contributed by atoms with van der Waals surface area (Å²) in [5.74, 6) is 0. The van der Waals surface area contributed by atoms with E-state index in [1.54, 1.807) is 0 Å². The van der Waals surface area contributed by atoms with Gasteiger partial charge in [0.2, 0.25) is 0 Å². The van der Waals surface area contributed by atoms with Crippen LogP contribution in [0, 0.1) is 0 Å². The smallest absolute Gasteiger partial charge is 0.160 e. The highest BCUT2D eigenvalue weighted by Gasteiger charge is 2.19. The standard InChI is InChI=1S/C8H18O2S/c1-5-6-7-10-11(9)8(2,3)4/h5-7H2,1-4H3/t11-/m1/s1. The van der Waals surface area contributed by atoms with E-state index in [4.69, 9.17) is 4.18 Å². The number of hydrogen-bond donors (Lipinski definition) is 0. The summed E-state index contributed by atoms with van der Waals surface area (Å²) in [5, 5.41) is 0. The quantitative estimate of drug-likeness (QED) is 0.617. The van der Waals surface area contributed by atoms with Crippen LogP contribution in [0.25, 0.3) is 0 Å². The van der Waals surface area contributed by atoms with Crippen molar-refractivity contribution in [3.8, 4) is 0 Å². The number of rotatable bonds is 4. The van der Waals surface area contributed by atoms with Crippen molar-refractivity contribution in [1.29, 1.82) is 0 Å². The Morgan fingerprint density at radius 1 is 1.36 bits per heavy atom. The Balaban J connectivity index is 3.54. The van der Waals surface area contributed by atoms with E-state index in [1.807, 2.05) is 20.8 Å². The van der Waals surface area contributed by atoms with E-state index in [1.165, 1.54) is 0 Å². The zero-order valence-corrected chi connectivity index (χ0v) is 8.66. The fraction of sp³-hybridized carbons (Fsp3) is 1.00. The molecule has 0 unspecified atom stereocenters. The average molecular weight is 178 g/mol. The lowest BCUT2D eigenvalue weighted by atomic mass is 10.3. The lowest BCUT2D eigenvalue weighted by Crippen LogP contribution is -2.23. The summed E-state index contributed by atoms with van der Waals surface area (Å²) < 4.78 is 16.1. The fourth-order valence-corrected chi connectivity index (χ4v) is 1.08. The zero-order chi connectivity index (χ0) is 8.91. The molecular formula is C8H18O2S. The first kappa shape index (κ1) is 11.1. The van der Waals surface area contributed by atoms with Crippen LogP contribution >= 0.6 is 0 Å². The van der Waals surface area contributed by atoms with Gasteiger partial charge < -0.3 is 0 Å². The second-order valence-electron chi connectivity index (χ2n) is 3.52. The molecule has 0 heterocycles. The van der Waals surface area contributed by atoms with Crippen molar-refractivity contribution in [1.82, 2.24) is 0 Å². The molecule has 0 aliphatic rings. The molecule has 2 nitrogen and oxygen atoms in total. The highest BCUT2D eigenvalue weighted by molar-refractivity contribution is 7.81. The average Bonchev–Trinajstić information content (AvgIpc) is 1.86. The molecule has 3 heteroatoms. The lowest BCUT2D eigenvalue weighted by molar-refractivity contribution is 0.328. The van der Waals surface area contributed by atoms with Crippen molar-refractivity contribution >= 4 is 11.1 Å². The van der Waals surface area contributed by atoms with E-state index in [2.05, 4.69) is 6.92 Å². The van der Waals surface area contributed by atoms with Gasteiger partial charge in [0, 0.05) is 0 Å². The van der Waals surface area contributed by atoms with Gasteiger partial charge in [-0.3, -0.25) is 4.18 Å². The Hall–Kier alpha value is 0.110. The van der Waals surface area contributed by atoms with Crippen molar-refractivity contribution in [2.24, 2.45) is 0 Å². The molecule has 0 aromatic carbocycles. The summed E-state index contributed by atoms with van der Waals surface area (Å²) in [6, 6.07) is 0. The van der Waals surface area contributed by atoms with Gasteiger partial charge >= 0.3 is 0 Å². The first-order chi connectivity index (χ1) is 4.98. The van der Waals surface area contributed by atoms with Gasteiger partial charge in [0.25, 0.3) is 0 Å². The van der Waals surface area contributed by atoms with Crippen molar-refractivity contribution in [2.75, 3.05) is 6.61 Å². The molecule has 0 saturated carbocycles. The monoisotopic (exact) mass is 178 g/mol. The van der Waals surface area contributed by atoms with Gasteiger partial charge in [-0.15, -0.1) is 0 Å². The predicted molar refractivity (Wildman–Crippen MR) is 48.8 cm³/mol. The van der Waals surface area contributed by atoms with Crippen LogP contribution in [0.5, 0.6) is 0 Å². The third-order valence-corrected chi connectivity index (χ3v) is 2.57. The molecular weight excluding hydrogens is 160 g/mol. The van der Waals surface area contributed by atoms with Gasteiger partial charge in [-0.2, -0.15) is 0 Å². The molecule has 0 aliphatic carbocycles. The summed E-state index contributed by atoms with van der Waals surface area (Å²) in [6.45, 7) is 8.43. The van der Waals surface area contributed by atoms with Crippen LogP contribution in [0.4, 0.5) is 0 Å². The summed E-state index contributed by atoms with van der Waals surface area (Å²) in [5.41, 5.74) is 0. The van der Waals surface area contributed by atoms with Crippen LogP contribution in [-0.2, 0) is 15.3 Å². The van der Waals surface area contributed by atoms with Gasteiger partial charge in [-0.25, -0.2) is 4.21 Å². The summed E-state index contributed by atoms with van der Waals surface area (Å²) in [6.07, 6.45) is 2.07. The molecule has 0 saturated heterocycles. The maximum atomic E-state index is 11.2. The third kappa shape index (κ3) is 5.39. The minimum Gasteiger partial charge on any atom is -0.290 e. The number of hydrogen-bond acceptors (Lipinski definition) is 2. The van der Waals surface area contributed by atoms with Crippen LogP contribution in [0.15, 0.2) is 0 Å². The molecule has 0 aliphatic heterocycles. The molecule has 0 N–H and O–H groups in total. The van der Waals surface area contributed by atoms with E-state index < -0.39 is 11.1 Å². The second kappa shape index (κ2) is 4.88. The Morgan fingerprint density at radius 2 is 1.91 bits per heavy atom. The highest BCUT2D eigenvalue weighted by atomic mass is 32.2. The first-order valence-corrected chi connectivity index (χ1v) is 5.11. The highest BCUT2D eigenvalue weighted by Crippen LogP contribution is 2.12. The summed E-state index contributed by atoms with van der Waals surface area (Å²) >= 11 is -1.14. The summed E-state index contributed by atoms with van der Waals surface area (Å²) in [7, 11) is 0. The number of unbranched alkanes of at least 4 members (excludes halogenated alkanes) is 1. The Bertz CT molecular complexity index is 127. The van der Waals surface area contributed by atoms with Gasteiger partial charge in [0.05, 0.1) is 11.4 Å². The topological polar surface area (TPSA) is 26.3 Å². The van der Waals surface area contributed by atoms with E-state index in [-0.39, 0.29) is 4.75 Å². The molecule has 0 radical (unpaired) electrons. The van der Waals surface area contributed by atoms with E-state index >= 15 is 0 Å². The minimum atomic E-state index is -1.14. The molecule has 0 amide bonds. The van der Waals surface area contributed by atoms with Crippen LogP contribution in [0.1, 0.15) is 40.5 Å². The van der Waals surface area contributed by atoms with Crippen molar-refractivity contribution in [2.45, 2.75) is 45.3 Å². The molecule has 0 rings (SSSR count). The Labute approximate surface area is 72.0 Å². The van der Waals surface area contributed by atoms with Gasteiger partial charge in [0.1, 0.15) is 0 Å². The molecule has 0 aromatic heterocycles. The maximum Gasteiger partial charge on any atom is 0.160 e.